The maximum absolute atomic E-state index is 12.8. The van der Waals surface area contributed by atoms with Crippen LogP contribution in [0.15, 0.2) is 23.1 Å². The zero-order chi connectivity index (χ0) is 16.6. The summed E-state index contributed by atoms with van der Waals surface area (Å²) in [4.78, 5) is 14.8. The van der Waals surface area contributed by atoms with Crippen LogP contribution in [-0.4, -0.2) is 50.9 Å². The number of hydrogen-bond acceptors (Lipinski definition) is 4. The number of aryl methyl sites for hydroxylation is 1. The summed E-state index contributed by atoms with van der Waals surface area (Å²) in [6, 6.07) is 4.94. The Bertz CT molecular complexity index is 719. The number of halogens is 1. The van der Waals surface area contributed by atoms with Gasteiger partial charge in [-0.3, -0.25) is 4.79 Å². The molecule has 1 aromatic rings. The molecule has 6 nitrogen and oxygen atoms in total. The Kier molecular flexibility index (Phi) is 5.91. The van der Waals surface area contributed by atoms with E-state index < -0.39 is 10.0 Å². The number of carbonyl (C=O) groups is 1. The van der Waals surface area contributed by atoms with Gasteiger partial charge in [-0.05, 0) is 44.4 Å². The number of carbonyl (C=O) groups excluding carboxylic acids is 1. The number of nitrogens with zero attached hydrogens (tertiary/aromatic N) is 1. The van der Waals surface area contributed by atoms with Crippen LogP contribution in [0.25, 0.3) is 0 Å². The molecule has 24 heavy (non-hydrogen) atoms. The van der Waals surface area contributed by atoms with Crippen LogP contribution in [-0.2, 0) is 10.0 Å². The van der Waals surface area contributed by atoms with Crippen LogP contribution >= 0.6 is 12.4 Å². The van der Waals surface area contributed by atoms with E-state index >= 15 is 0 Å². The fraction of sp³-hybridized carbons (Fsp3) is 0.562. The van der Waals surface area contributed by atoms with E-state index in [1.807, 2.05) is 18.7 Å². The van der Waals surface area contributed by atoms with E-state index in [0.717, 1.165) is 31.5 Å². The highest BCUT2D eigenvalue weighted by molar-refractivity contribution is 7.89. The number of rotatable bonds is 4. The topological polar surface area (TPSA) is 78.5 Å². The molecule has 8 heteroatoms. The highest BCUT2D eigenvalue weighted by Gasteiger charge is 2.30. The second-order valence-electron chi connectivity index (χ2n) is 6.42. The van der Waals surface area contributed by atoms with Gasteiger partial charge in [0.25, 0.3) is 5.91 Å². The summed E-state index contributed by atoms with van der Waals surface area (Å²) < 4.78 is 27.4. The Balaban J connectivity index is 0.00000208. The van der Waals surface area contributed by atoms with Gasteiger partial charge in [-0.25, -0.2) is 13.1 Å². The number of sulfonamides is 1. The minimum Gasteiger partial charge on any atom is -0.333 e. The minimum absolute atomic E-state index is 0. The Labute approximate surface area is 149 Å². The number of hydrogen-bond donors (Lipinski definition) is 2. The first-order chi connectivity index (χ1) is 10.9. The molecule has 1 saturated carbocycles. The summed E-state index contributed by atoms with van der Waals surface area (Å²) >= 11 is 0. The molecule has 1 saturated heterocycles. The normalized spacial score (nSPS) is 21.2. The molecule has 2 N–H and O–H groups in total. The van der Waals surface area contributed by atoms with Crippen molar-refractivity contribution in [3.63, 3.8) is 0 Å². The van der Waals surface area contributed by atoms with E-state index in [1.165, 1.54) is 6.07 Å². The zero-order valence-corrected chi connectivity index (χ0v) is 15.5. The van der Waals surface area contributed by atoms with Crippen LogP contribution in [0.5, 0.6) is 0 Å². The number of piperazine rings is 1. The van der Waals surface area contributed by atoms with E-state index in [9.17, 15) is 13.2 Å². The fourth-order valence-corrected chi connectivity index (χ4v) is 4.12. The standard InChI is InChI=1S/C16H23N3O3S.ClH/c1-11-3-6-14(23(21,22)18-13-4-5-13)9-15(11)16(20)19-8-7-17-10-12(19)2;/h3,6,9,12-13,17-18H,4-5,7-8,10H2,1-2H3;1H/t12-;/m1./s1. The van der Waals surface area contributed by atoms with E-state index in [4.69, 9.17) is 0 Å². The second-order valence-corrected chi connectivity index (χ2v) is 8.14. The summed E-state index contributed by atoms with van der Waals surface area (Å²) in [5.74, 6) is -0.0972. The first-order valence-corrected chi connectivity index (χ1v) is 9.51. The molecule has 0 radical (unpaired) electrons. The third-order valence-electron chi connectivity index (χ3n) is 4.41. The lowest BCUT2D eigenvalue weighted by Gasteiger charge is -2.34. The Hall–Kier alpha value is -1.15. The molecular weight excluding hydrogens is 350 g/mol. The molecule has 2 aliphatic rings. The van der Waals surface area contributed by atoms with Gasteiger partial charge in [0, 0.05) is 37.3 Å². The van der Waals surface area contributed by atoms with E-state index in [-0.39, 0.29) is 35.3 Å². The van der Waals surface area contributed by atoms with Crippen molar-refractivity contribution in [2.24, 2.45) is 0 Å². The van der Waals surface area contributed by atoms with Crippen molar-refractivity contribution in [2.45, 2.75) is 43.7 Å². The van der Waals surface area contributed by atoms with Crippen molar-refractivity contribution in [3.05, 3.63) is 29.3 Å². The van der Waals surface area contributed by atoms with Crippen molar-refractivity contribution in [1.29, 1.82) is 0 Å². The van der Waals surface area contributed by atoms with E-state index in [0.29, 0.717) is 12.1 Å². The third-order valence-corrected chi connectivity index (χ3v) is 5.93. The molecule has 1 amide bonds. The van der Waals surface area contributed by atoms with Crippen LogP contribution in [0.1, 0.15) is 35.7 Å². The molecule has 1 heterocycles. The van der Waals surface area contributed by atoms with Gasteiger partial charge < -0.3 is 10.2 Å². The lowest BCUT2D eigenvalue weighted by molar-refractivity contribution is 0.0654. The van der Waals surface area contributed by atoms with Crippen LogP contribution in [0, 0.1) is 6.92 Å². The molecule has 0 unspecified atom stereocenters. The summed E-state index contributed by atoms with van der Waals surface area (Å²) in [7, 11) is -3.55. The quantitative estimate of drug-likeness (QED) is 0.833. The van der Waals surface area contributed by atoms with Crippen LogP contribution < -0.4 is 10.0 Å². The highest BCUT2D eigenvalue weighted by Crippen LogP contribution is 2.24. The molecule has 2 fully saturated rings. The highest BCUT2D eigenvalue weighted by atomic mass is 35.5. The van der Waals surface area contributed by atoms with Gasteiger partial charge >= 0.3 is 0 Å². The van der Waals surface area contributed by atoms with Gasteiger partial charge in [0.1, 0.15) is 0 Å². The molecular formula is C16H24ClN3O3S. The minimum atomic E-state index is -3.55. The number of nitrogens with one attached hydrogen (secondary N) is 2. The van der Waals surface area contributed by atoms with Crippen molar-refractivity contribution < 1.29 is 13.2 Å². The zero-order valence-electron chi connectivity index (χ0n) is 13.9. The van der Waals surface area contributed by atoms with Gasteiger partial charge in [-0.1, -0.05) is 6.07 Å². The maximum atomic E-state index is 12.8. The second kappa shape index (κ2) is 7.39. The van der Waals surface area contributed by atoms with Gasteiger partial charge in [-0.15, -0.1) is 12.4 Å². The van der Waals surface area contributed by atoms with Crippen LogP contribution in [0.4, 0.5) is 0 Å². The lowest BCUT2D eigenvalue weighted by Crippen LogP contribution is -2.52. The first kappa shape index (κ1) is 19.2. The average molecular weight is 374 g/mol. The molecule has 1 atom stereocenters. The van der Waals surface area contributed by atoms with Gasteiger partial charge in [0.15, 0.2) is 0 Å². The maximum Gasteiger partial charge on any atom is 0.254 e. The largest absolute Gasteiger partial charge is 0.333 e. The Morgan fingerprint density at radius 1 is 1.33 bits per heavy atom. The van der Waals surface area contributed by atoms with Crippen LogP contribution in [0.3, 0.4) is 0 Å². The Morgan fingerprint density at radius 3 is 2.67 bits per heavy atom. The molecule has 1 aliphatic heterocycles. The van der Waals surface area contributed by atoms with Crippen molar-refractivity contribution in [3.8, 4) is 0 Å². The smallest absolute Gasteiger partial charge is 0.254 e. The summed E-state index contributed by atoms with van der Waals surface area (Å²) in [6.07, 6.45) is 1.77. The number of amides is 1. The summed E-state index contributed by atoms with van der Waals surface area (Å²) in [5.41, 5.74) is 1.27. The molecule has 3 rings (SSSR count). The molecule has 1 aliphatic carbocycles. The molecule has 0 aromatic heterocycles. The van der Waals surface area contributed by atoms with Gasteiger partial charge in [-0.2, -0.15) is 0 Å². The average Bonchev–Trinajstić information content (AvgIpc) is 3.30. The van der Waals surface area contributed by atoms with Crippen molar-refractivity contribution in [1.82, 2.24) is 14.9 Å². The number of benzene rings is 1. The Morgan fingerprint density at radius 2 is 2.04 bits per heavy atom. The SMILES string of the molecule is Cc1ccc(S(=O)(=O)NC2CC2)cc1C(=O)N1CCNC[C@H]1C.Cl. The van der Waals surface area contributed by atoms with Crippen molar-refractivity contribution >= 4 is 28.3 Å². The predicted octanol–water partition coefficient (Wildman–Crippen LogP) is 1.29. The molecule has 134 valence electrons. The van der Waals surface area contributed by atoms with E-state index in [2.05, 4.69) is 10.0 Å². The van der Waals surface area contributed by atoms with Gasteiger partial charge in [0.2, 0.25) is 10.0 Å². The summed E-state index contributed by atoms with van der Waals surface area (Å²) in [6.45, 7) is 5.98. The molecule has 1 aromatic carbocycles. The van der Waals surface area contributed by atoms with Crippen molar-refractivity contribution in [2.75, 3.05) is 19.6 Å². The first-order valence-electron chi connectivity index (χ1n) is 8.03. The third kappa shape index (κ3) is 4.08. The lowest BCUT2D eigenvalue weighted by atomic mass is 10.1. The fourth-order valence-electron chi connectivity index (χ4n) is 2.78. The molecule has 0 bridgehead atoms. The summed E-state index contributed by atoms with van der Waals surface area (Å²) in [5, 5.41) is 3.25. The monoisotopic (exact) mass is 373 g/mol. The predicted molar refractivity (Wildman–Crippen MR) is 95.1 cm³/mol. The van der Waals surface area contributed by atoms with E-state index in [1.54, 1.807) is 12.1 Å². The van der Waals surface area contributed by atoms with Crippen LogP contribution in [0.2, 0.25) is 0 Å². The van der Waals surface area contributed by atoms with Gasteiger partial charge in [0.05, 0.1) is 4.90 Å². The molecule has 0 spiro atoms.